The van der Waals surface area contributed by atoms with Crippen LogP contribution in [0, 0.1) is 11.8 Å². The Morgan fingerprint density at radius 1 is 1.21 bits per heavy atom. The standard InChI is InChI=1S/C11H19NO.ClH/c1-11(2,13)7-6-10-12-8-4-3-5-9-12;/h13H,3-5,8-10H2,1-2H3;1H. The molecule has 3 heteroatoms. The molecule has 0 amide bonds. The van der Waals surface area contributed by atoms with Gasteiger partial charge in [0.15, 0.2) is 0 Å². The zero-order valence-corrected chi connectivity index (χ0v) is 9.86. The molecule has 0 unspecified atom stereocenters. The smallest absolute Gasteiger partial charge is 0.120 e. The summed E-state index contributed by atoms with van der Waals surface area (Å²) in [6.45, 7) is 6.58. The predicted molar refractivity (Wildman–Crippen MR) is 61.6 cm³/mol. The molecule has 0 bridgehead atoms. The molecule has 0 saturated carbocycles. The van der Waals surface area contributed by atoms with Gasteiger partial charge in [-0.2, -0.15) is 0 Å². The van der Waals surface area contributed by atoms with Gasteiger partial charge in [-0.05, 0) is 39.8 Å². The molecule has 0 aromatic rings. The van der Waals surface area contributed by atoms with Gasteiger partial charge in [-0.15, -0.1) is 12.4 Å². The van der Waals surface area contributed by atoms with Crippen LogP contribution in [-0.4, -0.2) is 35.2 Å². The number of aliphatic hydroxyl groups is 1. The molecule has 1 heterocycles. The normalized spacial score (nSPS) is 17.9. The average molecular weight is 218 g/mol. The van der Waals surface area contributed by atoms with Gasteiger partial charge < -0.3 is 5.11 Å². The summed E-state index contributed by atoms with van der Waals surface area (Å²) in [5.74, 6) is 5.85. The molecule has 1 aliphatic rings. The summed E-state index contributed by atoms with van der Waals surface area (Å²) in [5, 5.41) is 9.35. The molecule has 2 nitrogen and oxygen atoms in total. The molecule has 0 spiro atoms. The fourth-order valence-electron chi connectivity index (χ4n) is 1.49. The number of rotatable bonds is 1. The van der Waals surface area contributed by atoms with Gasteiger partial charge in [0.05, 0.1) is 6.54 Å². The number of hydrogen-bond donors (Lipinski definition) is 1. The van der Waals surface area contributed by atoms with Crippen LogP contribution in [0.25, 0.3) is 0 Å². The Kier molecular flexibility index (Phi) is 6.19. The number of piperidine rings is 1. The van der Waals surface area contributed by atoms with E-state index in [0.29, 0.717) is 0 Å². The van der Waals surface area contributed by atoms with Crippen molar-refractivity contribution in [3.63, 3.8) is 0 Å². The van der Waals surface area contributed by atoms with Crippen molar-refractivity contribution >= 4 is 12.4 Å². The minimum absolute atomic E-state index is 0. The van der Waals surface area contributed by atoms with Crippen LogP contribution in [0.5, 0.6) is 0 Å². The summed E-state index contributed by atoms with van der Waals surface area (Å²) in [7, 11) is 0. The maximum absolute atomic E-state index is 9.35. The van der Waals surface area contributed by atoms with Crippen molar-refractivity contribution in [3.05, 3.63) is 0 Å². The molecule has 0 radical (unpaired) electrons. The first-order valence-corrected chi connectivity index (χ1v) is 5.03. The summed E-state index contributed by atoms with van der Waals surface area (Å²) >= 11 is 0. The maximum Gasteiger partial charge on any atom is 0.120 e. The minimum atomic E-state index is -0.838. The van der Waals surface area contributed by atoms with Crippen molar-refractivity contribution in [2.45, 2.75) is 38.7 Å². The van der Waals surface area contributed by atoms with Crippen molar-refractivity contribution in [2.24, 2.45) is 0 Å². The Labute approximate surface area is 93.1 Å². The van der Waals surface area contributed by atoms with Crippen LogP contribution in [0.1, 0.15) is 33.1 Å². The predicted octanol–water partition coefficient (Wildman–Crippen LogP) is 1.67. The van der Waals surface area contributed by atoms with Crippen LogP contribution in [-0.2, 0) is 0 Å². The number of nitrogens with zero attached hydrogens (tertiary/aromatic N) is 1. The quantitative estimate of drug-likeness (QED) is 0.676. The van der Waals surface area contributed by atoms with Crippen LogP contribution in [0.3, 0.4) is 0 Å². The first-order valence-electron chi connectivity index (χ1n) is 5.03. The van der Waals surface area contributed by atoms with E-state index < -0.39 is 5.60 Å². The Balaban J connectivity index is 0.00000169. The highest BCUT2D eigenvalue weighted by Gasteiger charge is 2.09. The zero-order valence-electron chi connectivity index (χ0n) is 9.05. The molecule has 1 N–H and O–H groups in total. The third-order valence-corrected chi connectivity index (χ3v) is 2.15. The van der Waals surface area contributed by atoms with Gasteiger partial charge in [-0.3, -0.25) is 4.90 Å². The highest BCUT2D eigenvalue weighted by molar-refractivity contribution is 5.85. The molecule has 0 aromatic heterocycles. The third kappa shape index (κ3) is 6.26. The molecule has 1 saturated heterocycles. The Bertz CT molecular complexity index is 206. The highest BCUT2D eigenvalue weighted by atomic mass is 35.5. The second-order valence-corrected chi connectivity index (χ2v) is 4.20. The van der Waals surface area contributed by atoms with Crippen LogP contribution >= 0.6 is 12.4 Å². The third-order valence-electron chi connectivity index (χ3n) is 2.15. The lowest BCUT2D eigenvalue weighted by atomic mass is 10.1. The van der Waals surface area contributed by atoms with E-state index in [2.05, 4.69) is 16.7 Å². The summed E-state index contributed by atoms with van der Waals surface area (Å²) in [6.07, 6.45) is 3.95. The van der Waals surface area contributed by atoms with E-state index in [-0.39, 0.29) is 12.4 Å². The van der Waals surface area contributed by atoms with Gasteiger partial charge in [0.2, 0.25) is 0 Å². The van der Waals surface area contributed by atoms with Crippen LogP contribution in [0.4, 0.5) is 0 Å². The van der Waals surface area contributed by atoms with E-state index in [9.17, 15) is 5.11 Å². The lowest BCUT2D eigenvalue weighted by Crippen LogP contribution is -2.30. The Hall–Kier alpha value is -0.230. The van der Waals surface area contributed by atoms with E-state index in [1.54, 1.807) is 13.8 Å². The van der Waals surface area contributed by atoms with Gasteiger partial charge in [-0.1, -0.05) is 18.3 Å². The second kappa shape index (κ2) is 6.29. The molecule has 14 heavy (non-hydrogen) atoms. The lowest BCUT2D eigenvalue weighted by Gasteiger charge is -2.24. The summed E-state index contributed by atoms with van der Waals surface area (Å²) in [6, 6.07) is 0. The van der Waals surface area contributed by atoms with E-state index in [1.807, 2.05) is 0 Å². The molecular formula is C11H20ClNO. The van der Waals surface area contributed by atoms with Gasteiger partial charge >= 0.3 is 0 Å². The fraction of sp³-hybridized carbons (Fsp3) is 0.818. The van der Waals surface area contributed by atoms with E-state index in [0.717, 1.165) is 6.54 Å². The number of hydrogen-bond acceptors (Lipinski definition) is 2. The molecule has 0 aliphatic carbocycles. The zero-order chi connectivity index (χ0) is 9.73. The van der Waals surface area contributed by atoms with Gasteiger partial charge in [-0.25, -0.2) is 0 Å². The summed E-state index contributed by atoms with van der Waals surface area (Å²) in [5.41, 5.74) is -0.838. The Morgan fingerprint density at radius 3 is 2.29 bits per heavy atom. The van der Waals surface area contributed by atoms with E-state index >= 15 is 0 Å². The van der Waals surface area contributed by atoms with E-state index in [1.165, 1.54) is 32.4 Å². The lowest BCUT2D eigenvalue weighted by molar-refractivity contribution is 0.143. The largest absolute Gasteiger partial charge is 0.378 e. The molecule has 82 valence electrons. The number of halogens is 1. The number of likely N-dealkylation sites (tertiary alicyclic amines) is 1. The van der Waals surface area contributed by atoms with Gasteiger partial charge in [0.1, 0.15) is 5.60 Å². The maximum atomic E-state index is 9.35. The molecular weight excluding hydrogens is 198 g/mol. The summed E-state index contributed by atoms with van der Waals surface area (Å²) in [4.78, 5) is 2.35. The minimum Gasteiger partial charge on any atom is -0.378 e. The van der Waals surface area contributed by atoms with Crippen LogP contribution in [0.2, 0.25) is 0 Å². The monoisotopic (exact) mass is 217 g/mol. The SMILES string of the molecule is CC(C)(O)C#CCN1CCCCC1.Cl. The fourth-order valence-corrected chi connectivity index (χ4v) is 1.49. The van der Waals surface area contributed by atoms with Crippen molar-refractivity contribution in [1.82, 2.24) is 4.90 Å². The van der Waals surface area contributed by atoms with Crippen molar-refractivity contribution < 1.29 is 5.11 Å². The summed E-state index contributed by atoms with van der Waals surface area (Å²) < 4.78 is 0. The highest BCUT2D eigenvalue weighted by Crippen LogP contribution is 2.07. The molecule has 0 aromatic carbocycles. The van der Waals surface area contributed by atoms with Crippen LogP contribution < -0.4 is 0 Å². The Morgan fingerprint density at radius 2 is 1.79 bits per heavy atom. The molecule has 1 fully saturated rings. The van der Waals surface area contributed by atoms with Gasteiger partial charge in [0, 0.05) is 0 Å². The van der Waals surface area contributed by atoms with E-state index in [4.69, 9.17) is 0 Å². The van der Waals surface area contributed by atoms with Gasteiger partial charge in [0.25, 0.3) is 0 Å². The first-order chi connectivity index (χ1) is 6.08. The molecule has 1 rings (SSSR count). The van der Waals surface area contributed by atoms with Crippen molar-refractivity contribution in [3.8, 4) is 11.8 Å². The first kappa shape index (κ1) is 13.8. The average Bonchev–Trinajstić information content (AvgIpc) is 2.04. The molecule has 0 atom stereocenters. The van der Waals surface area contributed by atoms with Crippen molar-refractivity contribution in [2.75, 3.05) is 19.6 Å². The van der Waals surface area contributed by atoms with Crippen molar-refractivity contribution in [1.29, 1.82) is 0 Å². The second-order valence-electron chi connectivity index (χ2n) is 4.20. The topological polar surface area (TPSA) is 23.5 Å². The molecule has 1 aliphatic heterocycles. The van der Waals surface area contributed by atoms with Crippen LogP contribution in [0.15, 0.2) is 0 Å².